The second-order valence-corrected chi connectivity index (χ2v) is 2.10. The first kappa shape index (κ1) is 7.97. The third kappa shape index (κ3) is 1.66. The standard InChI is InChI=1S/C7H9N2O2/c1-6-3-4-8-5-7(6)9(10)11-2/h3-5H,1-2H3/q-1. The van der Waals surface area contributed by atoms with Gasteiger partial charge in [0.1, 0.15) is 0 Å². The quantitative estimate of drug-likeness (QED) is 0.600. The Balaban J connectivity index is 2.93. The third-order valence-electron chi connectivity index (χ3n) is 1.37. The molecule has 4 heteroatoms. The number of aryl methyl sites for hydroxylation is 1. The minimum Gasteiger partial charge on any atom is -0.733 e. The minimum atomic E-state index is 0.433. The van der Waals surface area contributed by atoms with Gasteiger partial charge in [-0.1, -0.05) is 0 Å². The van der Waals surface area contributed by atoms with Crippen molar-refractivity contribution < 1.29 is 4.84 Å². The average molecular weight is 153 g/mol. The third-order valence-corrected chi connectivity index (χ3v) is 1.37. The predicted molar refractivity (Wildman–Crippen MR) is 41.8 cm³/mol. The summed E-state index contributed by atoms with van der Waals surface area (Å²) < 4.78 is 0. The van der Waals surface area contributed by atoms with E-state index in [0.29, 0.717) is 10.9 Å². The maximum absolute atomic E-state index is 10.9. The van der Waals surface area contributed by atoms with Crippen LogP contribution in [0, 0.1) is 12.1 Å². The van der Waals surface area contributed by atoms with Crippen molar-refractivity contribution in [3.63, 3.8) is 0 Å². The van der Waals surface area contributed by atoms with Gasteiger partial charge in [0.2, 0.25) is 0 Å². The molecule has 60 valence electrons. The molecule has 0 aliphatic carbocycles. The van der Waals surface area contributed by atoms with E-state index in [-0.39, 0.29) is 0 Å². The highest BCUT2D eigenvalue weighted by Crippen LogP contribution is 2.15. The largest absolute Gasteiger partial charge is 0.733 e. The van der Waals surface area contributed by atoms with Gasteiger partial charge in [-0.15, -0.1) is 0 Å². The Bertz CT molecular complexity index is 240. The van der Waals surface area contributed by atoms with Gasteiger partial charge in [-0.05, 0) is 18.6 Å². The zero-order valence-electron chi connectivity index (χ0n) is 6.44. The molecule has 0 amide bonds. The van der Waals surface area contributed by atoms with Crippen LogP contribution in [0.4, 0.5) is 5.69 Å². The molecule has 1 aromatic heterocycles. The summed E-state index contributed by atoms with van der Waals surface area (Å²) in [5.41, 5.74) is 1.28. The fourth-order valence-electron chi connectivity index (χ4n) is 0.745. The first-order valence-corrected chi connectivity index (χ1v) is 3.17. The summed E-state index contributed by atoms with van der Waals surface area (Å²) >= 11 is 0. The average Bonchev–Trinajstić information content (AvgIpc) is 2.04. The van der Waals surface area contributed by atoms with Gasteiger partial charge in [0.25, 0.3) is 0 Å². The van der Waals surface area contributed by atoms with E-state index in [0.717, 1.165) is 5.56 Å². The van der Waals surface area contributed by atoms with Gasteiger partial charge >= 0.3 is 0 Å². The molecule has 0 aliphatic heterocycles. The Kier molecular flexibility index (Phi) is 2.40. The van der Waals surface area contributed by atoms with Crippen molar-refractivity contribution in [2.45, 2.75) is 6.92 Å². The Morgan fingerprint density at radius 1 is 1.64 bits per heavy atom. The first-order valence-electron chi connectivity index (χ1n) is 3.17. The maximum Gasteiger partial charge on any atom is 0.0723 e. The van der Waals surface area contributed by atoms with Crippen molar-refractivity contribution in [2.24, 2.45) is 0 Å². The van der Waals surface area contributed by atoms with Gasteiger partial charge in [-0.3, -0.25) is 9.82 Å². The Morgan fingerprint density at radius 3 is 2.91 bits per heavy atom. The van der Waals surface area contributed by atoms with Crippen LogP contribution >= 0.6 is 0 Å². The van der Waals surface area contributed by atoms with Gasteiger partial charge in [0.05, 0.1) is 19.0 Å². The van der Waals surface area contributed by atoms with E-state index in [2.05, 4.69) is 9.82 Å². The van der Waals surface area contributed by atoms with Crippen LogP contribution in [0.15, 0.2) is 18.5 Å². The van der Waals surface area contributed by atoms with E-state index in [4.69, 9.17) is 0 Å². The molecule has 0 N–H and O–H groups in total. The molecule has 1 heterocycles. The van der Waals surface area contributed by atoms with Crippen molar-refractivity contribution in [3.05, 3.63) is 29.2 Å². The highest BCUT2D eigenvalue weighted by Gasteiger charge is 1.96. The van der Waals surface area contributed by atoms with Crippen molar-refractivity contribution in [1.29, 1.82) is 0 Å². The van der Waals surface area contributed by atoms with Crippen LogP contribution in [-0.2, 0) is 4.84 Å². The van der Waals surface area contributed by atoms with Gasteiger partial charge in [0.15, 0.2) is 0 Å². The van der Waals surface area contributed by atoms with Crippen molar-refractivity contribution in [2.75, 3.05) is 12.3 Å². The van der Waals surface area contributed by atoms with Crippen LogP contribution in [0.2, 0.25) is 0 Å². The van der Waals surface area contributed by atoms with Crippen LogP contribution in [0.25, 0.3) is 0 Å². The predicted octanol–water partition coefficient (Wildman–Crippen LogP) is 1.26. The monoisotopic (exact) mass is 153 g/mol. The van der Waals surface area contributed by atoms with Crippen LogP contribution in [0.1, 0.15) is 5.56 Å². The number of hydrogen-bond acceptors (Lipinski definition) is 4. The highest BCUT2D eigenvalue weighted by molar-refractivity contribution is 5.49. The normalized spacial score (nSPS) is 9.73. The highest BCUT2D eigenvalue weighted by atomic mass is 16.9. The molecule has 0 aliphatic rings. The smallest absolute Gasteiger partial charge is 0.0723 e. The number of anilines is 1. The van der Waals surface area contributed by atoms with Crippen LogP contribution in [-0.4, -0.2) is 12.1 Å². The molecule has 0 aromatic carbocycles. The van der Waals surface area contributed by atoms with Crippen molar-refractivity contribution in [1.82, 2.24) is 4.98 Å². The lowest BCUT2D eigenvalue weighted by Crippen LogP contribution is -2.13. The molecule has 0 unspecified atom stereocenters. The number of hydrogen-bond donors (Lipinski definition) is 0. The summed E-state index contributed by atoms with van der Waals surface area (Å²) in [4.78, 5) is 8.25. The van der Waals surface area contributed by atoms with Crippen LogP contribution in [0.5, 0.6) is 0 Å². The summed E-state index contributed by atoms with van der Waals surface area (Å²) in [6.07, 6.45) is 3.09. The van der Waals surface area contributed by atoms with E-state index in [1.54, 1.807) is 12.3 Å². The van der Waals surface area contributed by atoms with E-state index in [1.165, 1.54) is 13.3 Å². The second kappa shape index (κ2) is 3.32. The molecule has 11 heavy (non-hydrogen) atoms. The maximum atomic E-state index is 10.9. The Hall–Kier alpha value is -1.13. The van der Waals surface area contributed by atoms with Crippen LogP contribution < -0.4 is 5.23 Å². The molecule has 0 saturated heterocycles. The summed E-state index contributed by atoms with van der Waals surface area (Å²) in [6.45, 7) is 1.82. The van der Waals surface area contributed by atoms with Gasteiger partial charge in [-0.25, -0.2) is 0 Å². The fourth-order valence-corrected chi connectivity index (χ4v) is 0.745. The number of aromatic nitrogens is 1. The molecule has 0 saturated carbocycles. The lowest BCUT2D eigenvalue weighted by molar-refractivity contribution is 0.197. The molecule has 0 spiro atoms. The number of nitrogens with zero attached hydrogens (tertiary/aromatic N) is 2. The minimum absolute atomic E-state index is 0.433. The van der Waals surface area contributed by atoms with Gasteiger partial charge in [0, 0.05) is 6.20 Å². The number of pyridine rings is 1. The lowest BCUT2D eigenvalue weighted by Gasteiger charge is -2.27. The van der Waals surface area contributed by atoms with Gasteiger partial charge in [-0.2, -0.15) is 0 Å². The summed E-state index contributed by atoms with van der Waals surface area (Å²) in [7, 11) is 1.32. The van der Waals surface area contributed by atoms with E-state index in [9.17, 15) is 5.21 Å². The molecule has 0 atom stereocenters. The van der Waals surface area contributed by atoms with E-state index >= 15 is 0 Å². The zero-order valence-corrected chi connectivity index (χ0v) is 6.44. The van der Waals surface area contributed by atoms with Gasteiger partial charge < -0.3 is 10.4 Å². The van der Waals surface area contributed by atoms with Crippen molar-refractivity contribution in [3.8, 4) is 0 Å². The fraction of sp³-hybridized carbons (Fsp3) is 0.286. The molecule has 0 fully saturated rings. The summed E-state index contributed by atoms with van der Waals surface area (Å²) in [5, 5.41) is 11.3. The number of rotatable bonds is 2. The second-order valence-electron chi connectivity index (χ2n) is 2.10. The lowest BCUT2D eigenvalue weighted by atomic mass is 10.3. The zero-order chi connectivity index (χ0) is 8.27. The first-order chi connectivity index (χ1) is 5.25. The summed E-state index contributed by atoms with van der Waals surface area (Å²) in [5.74, 6) is 0. The SMILES string of the molecule is CON([O-])c1cnccc1C. The van der Waals surface area contributed by atoms with Crippen molar-refractivity contribution >= 4 is 5.69 Å². The van der Waals surface area contributed by atoms with E-state index < -0.39 is 0 Å². The molecular weight excluding hydrogens is 144 g/mol. The molecule has 0 radical (unpaired) electrons. The molecule has 4 nitrogen and oxygen atoms in total. The molecule has 0 bridgehead atoms. The topological polar surface area (TPSA) is 48.4 Å². The Morgan fingerprint density at radius 2 is 2.36 bits per heavy atom. The molecule has 1 aromatic rings. The van der Waals surface area contributed by atoms with E-state index in [1.807, 2.05) is 6.92 Å². The summed E-state index contributed by atoms with van der Waals surface area (Å²) in [6, 6.07) is 1.75. The molecule has 1 rings (SSSR count). The molecular formula is C7H9N2O2-. The van der Waals surface area contributed by atoms with Crippen LogP contribution in [0.3, 0.4) is 0 Å². The Labute approximate surface area is 65.0 Å².